The summed E-state index contributed by atoms with van der Waals surface area (Å²) in [7, 11) is 0. The van der Waals surface area contributed by atoms with Crippen molar-refractivity contribution < 1.29 is 23.8 Å². The van der Waals surface area contributed by atoms with Crippen molar-refractivity contribution in [2.75, 3.05) is 19.8 Å². The molecular weight excluding hydrogens is 741 g/mol. The van der Waals surface area contributed by atoms with E-state index in [0.717, 1.165) is 122 Å². The minimum absolute atomic E-state index is 0.0112. The molecule has 5 nitrogen and oxygen atoms in total. The maximum absolute atomic E-state index is 12.7. The predicted octanol–water partition coefficient (Wildman–Crippen LogP) is 15.8. The molecule has 1 atom stereocenters. The Labute approximate surface area is 368 Å². The van der Waals surface area contributed by atoms with Crippen molar-refractivity contribution in [1.29, 1.82) is 0 Å². The molecule has 0 aromatic rings. The summed E-state index contributed by atoms with van der Waals surface area (Å²) >= 11 is 0. The summed E-state index contributed by atoms with van der Waals surface area (Å²) in [5.74, 6) is -0.574. The summed E-state index contributed by atoms with van der Waals surface area (Å²) in [5.41, 5.74) is 0. The Hall–Kier alpha value is -4.22. The number of carbonyl (C=O) groups excluding carboxylic acids is 2. The van der Waals surface area contributed by atoms with Gasteiger partial charge >= 0.3 is 11.9 Å². The van der Waals surface area contributed by atoms with Gasteiger partial charge in [0, 0.05) is 19.4 Å². The molecule has 0 amide bonds. The van der Waals surface area contributed by atoms with Crippen LogP contribution in [0.5, 0.6) is 0 Å². The lowest BCUT2D eigenvalue weighted by molar-refractivity contribution is -0.162. The number of ether oxygens (including phenoxy) is 3. The van der Waals surface area contributed by atoms with Gasteiger partial charge in [-0.25, -0.2) is 0 Å². The van der Waals surface area contributed by atoms with Crippen molar-refractivity contribution in [1.82, 2.24) is 0 Å². The summed E-state index contributed by atoms with van der Waals surface area (Å²) < 4.78 is 17.2. The standard InChI is InChI=1S/C55H84O5/c1-4-7-10-13-16-19-22-25-27-29-32-35-38-41-44-47-50-58-51-53(60-55(57)49-46-43-40-37-34-30-24-21-18-15-12-9-6-3)52-59-54(56)48-45-42-39-36-33-31-28-26-23-20-17-14-11-8-5-2/h7-12,16-21,25-28,30,32-36,40,43,53H,4-6,13-15,22-24,29,31,37-39,41-42,44-52H2,1-3H3/b10-7-,11-8-,12-9-,19-16-,20-17-,21-18-,27-25-,28-26-,34-30-,35-32-,36-33-,43-40-. The molecule has 0 N–H and O–H groups in total. The molecule has 0 aromatic carbocycles. The van der Waals surface area contributed by atoms with Gasteiger partial charge in [-0.1, -0.05) is 173 Å². The van der Waals surface area contributed by atoms with Crippen LogP contribution in [0.2, 0.25) is 0 Å². The Balaban J connectivity index is 4.53. The van der Waals surface area contributed by atoms with Gasteiger partial charge in [-0.2, -0.15) is 0 Å². The maximum Gasteiger partial charge on any atom is 0.306 e. The van der Waals surface area contributed by atoms with Gasteiger partial charge in [0.1, 0.15) is 6.61 Å². The summed E-state index contributed by atoms with van der Waals surface area (Å²) in [4.78, 5) is 25.3. The highest BCUT2D eigenvalue weighted by Gasteiger charge is 2.17. The monoisotopic (exact) mass is 825 g/mol. The molecule has 0 spiro atoms. The zero-order chi connectivity index (χ0) is 43.5. The fourth-order valence-electron chi connectivity index (χ4n) is 5.50. The number of hydrogen-bond acceptors (Lipinski definition) is 5. The van der Waals surface area contributed by atoms with Gasteiger partial charge in [-0.05, 0) is 122 Å². The summed E-state index contributed by atoms with van der Waals surface area (Å²) in [5, 5.41) is 0. The molecular formula is C55H84O5. The van der Waals surface area contributed by atoms with E-state index in [0.29, 0.717) is 19.4 Å². The fraction of sp³-hybridized carbons (Fsp3) is 0.527. The molecule has 0 aliphatic carbocycles. The van der Waals surface area contributed by atoms with Crippen LogP contribution in [0.25, 0.3) is 0 Å². The molecule has 0 rings (SSSR count). The van der Waals surface area contributed by atoms with Crippen molar-refractivity contribution in [2.45, 2.75) is 168 Å². The van der Waals surface area contributed by atoms with Crippen molar-refractivity contribution >= 4 is 11.9 Å². The van der Waals surface area contributed by atoms with Crippen LogP contribution in [0, 0.1) is 0 Å². The molecule has 0 bridgehead atoms. The van der Waals surface area contributed by atoms with Crippen molar-refractivity contribution in [3.63, 3.8) is 0 Å². The average molecular weight is 825 g/mol. The number of unbranched alkanes of at least 4 members (excludes halogenated alkanes) is 5. The lowest BCUT2D eigenvalue weighted by Crippen LogP contribution is -2.30. The first-order valence-electron chi connectivity index (χ1n) is 23.4. The minimum Gasteiger partial charge on any atom is -0.462 e. The first-order valence-corrected chi connectivity index (χ1v) is 23.4. The smallest absolute Gasteiger partial charge is 0.306 e. The Morgan fingerprint density at radius 2 is 0.733 bits per heavy atom. The average Bonchev–Trinajstić information content (AvgIpc) is 3.25. The fourth-order valence-corrected chi connectivity index (χ4v) is 5.50. The van der Waals surface area contributed by atoms with Crippen LogP contribution < -0.4 is 0 Å². The van der Waals surface area contributed by atoms with E-state index >= 15 is 0 Å². The van der Waals surface area contributed by atoms with Crippen molar-refractivity contribution in [3.8, 4) is 0 Å². The molecule has 0 aliphatic rings. The molecule has 0 heterocycles. The quantitative estimate of drug-likeness (QED) is 0.0350. The Bertz CT molecular complexity index is 1350. The molecule has 0 aliphatic heterocycles. The zero-order valence-electron chi connectivity index (χ0n) is 38.2. The van der Waals surface area contributed by atoms with Crippen molar-refractivity contribution in [2.24, 2.45) is 0 Å². The van der Waals surface area contributed by atoms with Crippen LogP contribution in [-0.2, 0) is 23.8 Å². The van der Waals surface area contributed by atoms with E-state index in [1.54, 1.807) is 0 Å². The van der Waals surface area contributed by atoms with E-state index in [2.05, 4.69) is 161 Å². The maximum atomic E-state index is 12.7. The van der Waals surface area contributed by atoms with Crippen LogP contribution in [-0.4, -0.2) is 37.9 Å². The van der Waals surface area contributed by atoms with Crippen molar-refractivity contribution in [3.05, 3.63) is 146 Å². The van der Waals surface area contributed by atoms with Crippen LogP contribution in [0.3, 0.4) is 0 Å². The summed E-state index contributed by atoms with van der Waals surface area (Å²) in [6.07, 6.45) is 71.6. The predicted molar refractivity (Wildman–Crippen MR) is 260 cm³/mol. The largest absolute Gasteiger partial charge is 0.462 e. The lowest BCUT2D eigenvalue weighted by Gasteiger charge is -2.18. The second-order valence-corrected chi connectivity index (χ2v) is 14.5. The topological polar surface area (TPSA) is 61.8 Å². The van der Waals surface area contributed by atoms with Crippen LogP contribution >= 0.6 is 0 Å². The highest BCUT2D eigenvalue weighted by molar-refractivity contribution is 5.70. The first-order chi connectivity index (χ1) is 29.6. The van der Waals surface area contributed by atoms with E-state index < -0.39 is 6.10 Å². The first kappa shape index (κ1) is 55.8. The molecule has 334 valence electrons. The third-order valence-corrected chi connectivity index (χ3v) is 8.86. The van der Waals surface area contributed by atoms with Gasteiger partial charge in [0.2, 0.25) is 0 Å². The van der Waals surface area contributed by atoms with Gasteiger partial charge in [-0.15, -0.1) is 0 Å². The zero-order valence-corrected chi connectivity index (χ0v) is 38.2. The van der Waals surface area contributed by atoms with E-state index in [-0.39, 0.29) is 31.6 Å². The molecule has 0 radical (unpaired) electrons. The third kappa shape index (κ3) is 46.5. The molecule has 0 saturated carbocycles. The summed E-state index contributed by atoms with van der Waals surface area (Å²) in [6.45, 7) is 7.25. The van der Waals surface area contributed by atoms with E-state index in [4.69, 9.17) is 14.2 Å². The van der Waals surface area contributed by atoms with Gasteiger partial charge in [-0.3, -0.25) is 9.59 Å². The molecule has 1 unspecified atom stereocenters. The highest BCUT2D eigenvalue weighted by atomic mass is 16.6. The van der Waals surface area contributed by atoms with E-state index in [1.807, 2.05) is 6.08 Å². The molecule has 60 heavy (non-hydrogen) atoms. The van der Waals surface area contributed by atoms with Crippen LogP contribution in [0.1, 0.15) is 162 Å². The third-order valence-electron chi connectivity index (χ3n) is 8.86. The number of allylic oxidation sites excluding steroid dienone is 24. The lowest BCUT2D eigenvalue weighted by atomic mass is 10.2. The summed E-state index contributed by atoms with van der Waals surface area (Å²) in [6, 6.07) is 0. The molecule has 5 heteroatoms. The SMILES string of the molecule is CC/C=C\C/C=C\C/C=C\C/C=C\CCCCCOCC(COC(=O)CCCC/C=C\C/C=C\C/C=C\C/C=C\CC)OC(=O)CC/C=C\C/C=C\C/C=C\C/C=C\CC. The Kier molecular flexibility index (Phi) is 45.7. The van der Waals surface area contributed by atoms with E-state index in [1.165, 1.54) is 0 Å². The Morgan fingerprint density at radius 1 is 0.367 bits per heavy atom. The van der Waals surface area contributed by atoms with E-state index in [9.17, 15) is 9.59 Å². The number of esters is 2. The number of hydrogen-bond donors (Lipinski definition) is 0. The van der Waals surface area contributed by atoms with Gasteiger partial charge in [0.25, 0.3) is 0 Å². The minimum atomic E-state index is -0.618. The van der Waals surface area contributed by atoms with Gasteiger partial charge in [0.15, 0.2) is 6.10 Å². The molecule has 0 aromatic heterocycles. The van der Waals surface area contributed by atoms with Crippen LogP contribution in [0.4, 0.5) is 0 Å². The van der Waals surface area contributed by atoms with Gasteiger partial charge in [0.05, 0.1) is 6.61 Å². The van der Waals surface area contributed by atoms with Gasteiger partial charge < -0.3 is 14.2 Å². The molecule has 0 saturated heterocycles. The molecule has 0 fully saturated rings. The number of carbonyl (C=O) groups is 2. The number of rotatable bonds is 40. The second kappa shape index (κ2) is 49.1. The highest BCUT2D eigenvalue weighted by Crippen LogP contribution is 2.08. The van der Waals surface area contributed by atoms with Crippen LogP contribution in [0.15, 0.2) is 146 Å². The normalized spacial score (nSPS) is 13.6. The second-order valence-electron chi connectivity index (χ2n) is 14.5. The Morgan fingerprint density at radius 3 is 1.15 bits per heavy atom.